The molecule has 0 saturated carbocycles. The largest absolute Gasteiger partial charge is 0.490 e. The van der Waals surface area contributed by atoms with Crippen LogP contribution in [0, 0.1) is 0 Å². The number of amides is 1. The summed E-state index contributed by atoms with van der Waals surface area (Å²) in [5.74, 6) is 0.795. The lowest BCUT2D eigenvalue weighted by Gasteiger charge is -2.32. The van der Waals surface area contributed by atoms with Gasteiger partial charge in [-0.2, -0.15) is 5.10 Å². The molecule has 2 aliphatic heterocycles. The molecule has 0 atom stereocenters. The third kappa shape index (κ3) is 4.69. The average molecular weight is 484 g/mol. The van der Waals surface area contributed by atoms with Crippen molar-refractivity contribution in [2.75, 3.05) is 31.0 Å². The van der Waals surface area contributed by atoms with E-state index in [-0.39, 0.29) is 16.8 Å². The molecule has 1 amide bonds. The Balaban J connectivity index is 1.27. The highest BCUT2D eigenvalue weighted by atomic mass is 32.2. The van der Waals surface area contributed by atoms with Gasteiger partial charge in [0.1, 0.15) is 12.7 Å². The van der Waals surface area contributed by atoms with Gasteiger partial charge in [-0.25, -0.2) is 18.1 Å². The Morgan fingerprint density at radius 1 is 1.03 bits per heavy atom. The van der Waals surface area contributed by atoms with Crippen LogP contribution in [0.5, 0.6) is 11.5 Å². The predicted octanol–water partition coefficient (Wildman–Crippen LogP) is 2.72. The molecule has 0 spiro atoms. The van der Waals surface area contributed by atoms with Gasteiger partial charge in [0.15, 0.2) is 11.5 Å². The summed E-state index contributed by atoms with van der Waals surface area (Å²) in [6.45, 7) is 2.17. The van der Waals surface area contributed by atoms with Crippen LogP contribution in [0.2, 0.25) is 0 Å². The van der Waals surface area contributed by atoms with Crippen molar-refractivity contribution in [3.05, 3.63) is 60.7 Å². The van der Waals surface area contributed by atoms with E-state index in [2.05, 4.69) is 14.8 Å². The lowest BCUT2D eigenvalue weighted by atomic mass is 10.0. The second kappa shape index (κ2) is 9.34. The molecule has 11 heteroatoms. The molecule has 2 aromatic carbocycles. The molecule has 178 valence electrons. The minimum atomic E-state index is -3.88. The number of likely N-dealkylation sites (tertiary alicyclic amines) is 1. The van der Waals surface area contributed by atoms with Crippen LogP contribution in [-0.2, 0) is 10.0 Å². The van der Waals surface area contributed by atoms with E-state index >= 15 is 0 Å². The summed E-state index contributed by atoms with van der Waals surface area (Å²) in [5.41, 5.74) is 0.744. The van der Waals surface area contributed by atoms with Crippen LogP contribution in [-0.4, -0.2) is 60.3 Å². The molecule has 1 saturated heterocycles. The highest BCUT2D eigenvalue weighted by Crippen LogP contribution is 2.32. The van der Waals surface area contributed by atoms with Gasteiger partial charge in [-0.3, -0.25) is 9.52 Å². The first-order valence-electron chi connectivity index (χ1n) is 11.2. The van der Waals surface area contributed by atoms with E-state index in [4.69, 9.17) is 9.47 Å². The molecule has 1 fully saturated rings. The number of piperidine rings is 1. The van der Waals surface area contributed by atoms with Crippen LogP contribution < -0.4 is 14.2 Å². The second-order valence-corrected chi connectivity index (χ2v) is 9.93. The SMILES string of the molecule is O=C(c1cccc(NS(=O)(=O)c2ccc3c(c2)OCCCO3)c1)N1CCC(n2cncn2)CC1. The summed E-state index contributed by atoms with van der Waals surface area (Å²) in [6, 6.07) is 11.3. The van der Waals surface area contributed by atoms with E-state index in [0.29, 0.717) is 49.1 Å². The number of anilines is 1. The second-order valence-electron chi connectivity index (χ2n) is 8.24. The Kier molecular flexibility index (Phi) is 6.10. The number of hydrogen-bond acceptors (Lipinski definition) is 7. The van der Waals surface area contributed by atoms with Gasteiger partial charge >= 0.3 is 0 Å². The fourth-order valence-corrected chi connectivity index (χ4v) is 5.23. The first-order chi connectivity index (χ1) is 16.5. The number of carbonyl (C=O) groups is 1. The molecular weight excluding hydrogens is 458 g/mol. The molecule has 10 nitrogen and oxygen atoms in total. The van der Waals surface area contributed by atoms with Gasteiger partial charge in [0.2, 0.25) is 0 Å². The zero-order valence-electron chi connectivity index (χ0n) is 18.5. The fraction of sp³-hybridized carbons (Fsp3) is 0.348. The molecular formula is C23H25N5O5S. The van der Waals surface area contributed by atoms with Gasteiger partial charge in [-0.1, -0.05) is 6.07 Å². The third-order valence-corrected chi connectivity index (χ3v) is 7.33. The van der Waals surface area contributed by atoms with E-state index in [1.807, 2.05) is 4.68 Å². The number of fused-ring (bicyclic) bond motifs is 1. The Hall–Kier alpha value is -3.60. The van der Waals surface area contributed by atoms with Gasteiger partial charge in [-0.15, -0.1) is 0 Å². The summed E-state index contributed by atoms with van der Waals surface area (Å²) >= 11 is 0. The van der Waals surface area contributed by atoms with E-state index in [1.165, 1.54) is 18.5 Å². The summed E-state index contributed by atoms with van der Waals surface area (Å²) in [4.78, 5) is 18.9. The Morgan fingerprint density at radius 2 is 1.82 bits per heavy atom. The molecule has 0 bridgehead atoms. The summed E-state index contributed by atoms with van der Waals surface area (Å²) in [6.07, 6.45) is 5.50. The third-order valence-electron chi connectivity index (χ3n) is 5.95. The monoisotopic (exact) mass is 483 g/mol. The van der Waals surface area contributed by atoms with E-state index in [9.17, 15) is 13.2 Å². The zero-order chi connectivity index (χ0) is 23.5. The van der Waals surface area contributed by atoms with Gasteiger partial charge < -0.3 is 14.4 Å². The molecule has 3 aromatic rings. The normalized spacial score (nSPS) is 16.6. The Morgan fingerprint density at radius 3 is 2.59 bits per heavy atom. The molecule has 2 aliphatic rings. The summed E-state index contributed by atoms with van der Waals surface area (Å²) in [5, 5.41) is 4.19. The van der Waals surface area contributed by atoms with Crippen LogP contribution in [0.3, 0.4) is 0 Å². The van der Waals surface area contributed by atoms with E-state index < -0.39 is 10.0 Å². The molecule has 1 N–H and O–H groups in total. The molecule has 0 unspecified atom stereocenters. The van der Waals surface area contributed by atoms with Crippen molar-refractivity contribution in [2.45, 2.75) is 30.2 Å². The number of sulfonamides is 1. The number of hydrogen-bond donors (Lipinski definition) is 1. The van der Waals surface area contributed by atoms with E-state index in [0.717, 1.165) is 19.3 Å². The highest BCUT2D eigenvalue weighted by molar-refractivity contribution is 7.92. The van der Waals surface area contributed by atoms with Gasteiger partial charge in [0.05, 0.1) is 24.2 Å². The smallest absolute Gasteiger partial charge is 0.262 e. The first-order valence-corrected chi connectivity index (χ1v) is 12.6. The summed E-state index contributed by atoms with van der Waals surface area (Å²) in [7, 11) is -3.88. The number of ether oxygens (including phenoxy) is 2. The number of aromatic nitrogens is 3. The molecule has 34 heavy (non-hydrogen) atoms. The number of rotatable bonds is 5. The maximum Gasteiger partial charge on any atom is 0.262 e. The molecule has 0 aliphatic carbocycles. The van der Waals surface area contributed by atoms with Crippen LogP contribution in [0.1, 0.15) is 35.7 Å². The van der Waals surface area contributed by atoms with Crippen molar-refractivity contribution in [2.24, 2.45) is 0 Å². The highest BCUT2D eigenvalue weighted by Gasteiger charge is 2.25. The number of nitrogens with zero attached hydrogens (tertiary/aromatic N) is 4. The summed E-state index contributed by atoms with van der Waals surface area (Å²) < 4.78 is 41.6. The maximum atomic E-state index is 13.1. The van der Waals surface area contributed by atoms with Crippen molar-refractivity contribution in [1.29, 1.82) is 0 Å². The predicted molar refractivity (Wildman–Crippen MR) is 123 cm³/mol. The van der Waals surface area contributed by atoms with Crippen LogP contribution in [0.4, 0.5) is 5.69 Å². The first kappa shape index (κ1) is 22.2. The van der Waals surface area contributed by atoms with Crippen LogP contribution in [0.25, 0.3) is 0 Å². The van der Waals surface area contributed by atoms with Crippen molar-refractivity contribution in [3.8, 4) is 11.5 Å². The zero-order valence-corrected chi connectivity index (χ0v) is 19.3. The van der Waals surface area contributed by atoms with Crippen molar-refractivity contribution >= 4 is 21.6 Å². The van der Waals surface area contributed by atoms with E-state index in [1.54, 1.807) is 41.6 Å². The van der Waals surface area contributed by atoms with Gasteiger partial charge in [0.25, 0.3) is 15.9 Å². The van der Waals surface area contributed by atoms with Gasteiger partial charge in [0, 0.05) is 36.8 Å². The van der Waals surface area contributed by atoms with Crippen molar-refractivity contribution in [1.82, 2.24) is 19.7 Å². The van der Waals surface area contributed by atoms with Crippen molar-refractivity contribution < 1.29 is 22.7 Å². The van der Waals surface area contributed by atoms with Gasteiger partial charge in [-0.05, 0) is 43.2 Å². The number of nitrogens with one attached hydrogen (secondary N) is 1. The Bertz CT molecular complexity index is 1270. The molecule has 0 radical (unpaired) electrons. The fourth-order valence-electron chi connectivity index (χ4n) is 4.16. The quantitative estimate of drug-likeness (QED) is 0.593. The Labute approximate surface area is 197 Å². The lowest BCUT2D eigenvalue weighted by Crippen LogP contribution is -2.39. The van der Waals surface area contributed by atoms with Crippen molar-refractivity contribution in [3.63, 3.8) is 0 Å². The standard InChI is InChI=1S/C23H25N5O5S/c29-23(27-9-7-19(8-10-27)28-16-24-15-25-28)17-3-1-4-18(13-17)26-34(30,31)20-5-6-21-22(14-20)33-12-2-11-32-21/h1,3-6,13-16,19,26H,2,7-12H2. The number of benzene rings is 2. The molecule has 3 heterocycles. The lowest BCUT2D eigenvalue weighted by molar-refractivity contribution is 0.0690. The number of carbonyl (C=O) groups excluding carboxylic acids is 1. The molecule has 1 aromatic heterocycles. The van der Waals surface area contributed by atoms with Crippen LogP contribution in [0.15, 0.2) is 60.0 Å². The molecule has 5 rings (SSSR count). The van der Waals surface area contributed by atoms with Crippen LogP contribution >= 0.6 is 0 Å². The maximum absolute atomic E-state index is 13.1. The minimum Gasteiger partial charge on any atom is -0.490 e. The average Bonchev–Trinajstić information content (AvgIpc) is 3.29. The topological polar surface area (TPSA) is 116 Å². The minimum absolute atomic E-state index is 0.0589.